The lowest BCUT2D eigenvalue weighted by Crippen LogP contribution is -2.47. The van der Waals surface area contributed by atoms with Crippen LogP contribution in [-0.2, 0) is 10.5 Å². The van der Waals surface area contributed by atoms with Gasteiger partial charge < -0.3 is 24.8 Å². The second-order valence-electron chi connectivity index (χ2n) is 9.10. The van der Waals surface area contributed by atoms with Gasteiger partial charge in [0.2, 0.25) is 0 Å². The average molecular weight is 529 g/mol. The number of aromatic nitrogens is 5. The number of rotatable bonds is 7. The topological polar surface area (TPSA) is 131 Å². The molecular weight excluding hydrogens is 504 g/mol. The zero-order valence-corrected chi connectivity index (χ0v) is 20.8. The van der Waals surface area contributed by atoms with Crippen LogP contribution in [0.25, 0.3) is 22.4 Å². The molecule has 12 heteroatoms. The van der Waals surface area contributed by atoms with E-state index in [0.717, 1.165) is 18.4 Å². The summed E-state index contributed by atoms with van der Waals surface area (Å²) in [6.07, 6.45) is 5.35. The number of imidazole rings is 1. The summed E-state index contributed by atoms with van der Waals surface area (Å²) >= 11 is 7.60. The maximum Gasteiger partial charge on any atom is 0.193 e. The van der Waals surface area contributed by atoms with Crippen molar-refractivity contribution < 1.29 is 19.5 Å². The van der Waals surface area contributed by atoms with E-state index < -0.39 is 17.9 Å². The fourth-order valence-electron chi connectivity index (χ4n) is 4.89. The van der Waals surface area contributed by atoms with E-state index in [2.05, 4.69) is 25.4 Å². The summed E-state index contributed by atoms with van der Waals surface area (Å²) < 4.78 is 13.3. The van der Waals surface area contributed by atoms with Gasteiger partial charge in [0.25, 0.3) is 0 Å². The van der Waals surface area contributed by atoms with Crippen LogP contribution in [0.2, 0.25) is 5.02 Å². The molecule has 1 aliphatic heterocycles. The molecule has 36 heavy (non-hydrogen) atoms. The quantitative estimate of drug-likeness (QED) is 0.305. The van der Waals surface area contributed by atoms with Gasteiger partial charge in [-0.1, -0.05) is 59.6 Å². The highest BCUT2D eigenvalue weighted by Crippen LogP contribution is 2.40. The Morgan fingerprint density at radius 2 is 2.00 bits per heavy atom. The lowest BCUT2D eigenvalue weighted by molar-refractivity contribution is -0.103. The first-order valence-electron chi connectivity index (χ1n) is 11.8. The number of aliphatic hydroxyl groups is 2. The first kappa shape index (κ1) is 23.7. The number of hydrogen-bond acceptors (Lipinski definition) is 10. The second-order valence-corrected chi connectivity index (χ2v) is 10.5. The fourth-order valence-corrected chi connectivity index (χ4v) is 6.15. The Bertz CT molecular complexity index is 1380. The van der Waals surface area contributed by atoms with Crippen molar-refractivity contribution in [3.63, 3.8) is 0 Å². The summed E-state index contributed by atoms with van der Waals surface area (Å²) in [4.78, 5) is 13.4. The van der Waals surface area contributed by atoms with Gasteiger partial charge in [-0.05, 0) is 18.9 Å². The molecule has 0 radical (unpaired) electrons. The molecule has 3 aromatic heterocycles. The van der Waals surface area contributed by atoms with Crippen LogP contribution >= 0.6 is 23.4 Å². The van der Waals surface area contributed by atoms with Crippen LogP contribution in [0, 0.1) is 0 Å². The molecular formula is C24H25ClN6O4S. The minimum absolute atomic E-state index is 0.0268. The van der Waals surface area contributed by atoms with Crippen molar-refractivity contribution in [2.24, 2.45) is 0 Å². The van der Waals surface area contributed by atoms with Gasteiger partial charge >= 0.3 is 0 Å². The smallest absolute Gasteiger partial charge is 0.193 e. The van der Waals surface area contributed by atoms with Crippen LogP contribution in [0.3, 0.4) is 0 Å². The van der Waals surface area contributed by atoms with Crippen molar-refractivity contribution in [3.8, 4) is 11.3 Å². The van der Waals surface area contributed by atoms with Crippen LogP contribution in [0.5, 0.6) is 0 Å². The molecule has 2 aliphatic rings. The summed E-state index contributed by atoms with van der Waals surface area (Å²) in [7, 11) is 0. The third kappa shape index (κ3) is 4.14. The minimum Gasteiger partial charge on any atom is -0.388 e. The minimum atomic E-state index is -1.32. The number of thioether (sulfide) groups is 1. The van der Waals surface area contributed by atoms with Crippen molar-refractivity contribution >= 4 is 40.3 Å². The number of fused-ring (bicyclic) bond motifs is 1. The molecule has 6 rings (SSSR count). The summed E-state index contributed by atoms with van der Waals surface area (Å²) in [5.74, 6) is 0.865. The number of hydrogen-bond donors (Lipinski definition) is 3. The molecule has 1 saturated heterocycles. The Morgan fingerprint density at radius 1 is 1.17 bits per heavy atom. The summed E-state index contributed by atoms with van der Waals surface area (Å²) in [5.41, 5.74) is 1.14. The molecule has 0 unspecified atom stereocenters. The fraction of sp³-hybridized carbons (Fsp3) is 0.417. The van der Waals surface area contributed by atoms with E-state index in [1.165, 1.54) is 30.9 Å². The highest BCUT2D eigenvalue weighted by Gasteiger charge is 2.51. The third-order valence-electron chi connectivity index (χ3n) is 6.83. The molecule has 1 aromatic carbocycles. The number of benzene rings is 1. The average Bonchev–Trinajstić information content (AvgIpc) is 3.68. The van der Waals surface area contributed by atoms with E-state index in [1.54, 1.807) is 23.0 Å². The number of ether oxygens (including phenoxy) is 1. The van der Waals surface area contributed by atoms with E-state index in [4.69, 9.17) is 20.9 Å². The van der Waals surface area contributed by atoms with Gasteiger partial charge in [-0.25, -0.2) is 15.0 Å². The van der Waals surface area contributed by atoms with Crippen molar-refractivity contribution in [2.75, 3.05) is 17.7 Å². The molecule has 4 aromatic rings. The molecule has 1 saturated carbocycles. The molecule has 0 amide bonds. The molecule has 3 N–H and O–H groups in total. The maximum atomic E-state index is 11.1. The van der Waals surface area contributed by atoms with Gasteiger partial charge in [-0.2, -0.15) is 0 Å². The molecule has 0 spiro atoms. The van der Waals surface area contributed by atoms with Gasteiger partial charge in [0.05, 0.1) is 23.7 Å². The monoisotopic (exact) mass is 528 g/mol. The van der Waals surface area contributed by atoms with Crippen LogP contribution in [-0.4, -0.2) is 65.5 Å². The Labute approximate surface area is 216 Å². The Balaban J connectivity index is 1.31. The molecule has 1 aliphatic carbocycles. The number of aliphatic hydroxyl groups excluding tert-OH is 2. The van der Waals surface area contributed by atoms with Crippen molar-refractivity contribution in [2.45, 2.75) is 54.8 Å². The summed E-state index contributed by atoms with van der Waals surface area (Å²) in [6, 6.07) is 9.53. The Morgan fingerprint density at radius 3 is 2.78 bits per heavy atom. The largest absolute Gasteiger partial charge is 0.388 e. The SMILES string of the molecule is O[C@@H]1[C@@H](O)CO[C@]1(CSc1cc(-c2ccccc2Cl)no1)n1cnc2c(NC3CCCC3)ncnc21. The Hall–Kier alpha value is -2.70. The number of nitrogens with one attached hydrogen (secondary N) is 1. The normalized spacial score (nSPS) is 24.6. The van der Waals surface area contributed by atoms with E-state index in [0.29, 0.717) is 38.8 Å². The zero-order valence-electron chi connectivity index (χ0n) is 19.2. The molecule has 4 heterocycles. The first-order valence-corrected chi connectivity index (χ1v) is 13.2. The van der Waals surface area contributed by atoms with Gasteiger partial charge in [0, 0.05) is 17.7 Å². The maximum absolute atomic E-state index is 11.1. The van der Waals surface area contributed by atoms with Crippen LogP contribution in [0.4, 0.5) is 5.82 Å². The highest BCUT2D eigenvalue weighted by atomic mass is 35.5. The van der Waals surface area contributed by atoms with Crippen LogP contribution in [0.1, 0.15) is 25.7 Å². The molecule has 3 atom stereocenters. The molecule has 2 fully saturated rings. The second kappa shape index (κ2) is 9.64. The van der Waals surface area contributed by atoms with E-state index in [1.807, 2.05) is 18.2 Å². The predicted octanol–water partition coefficient (Wildman–Crippen LogP) is 3.69. The third-order valence-corrected chi connectivity index (χ3v) is 8.19. The van der Waals surface area contributed by atoms with E-state index in [-0.39, 0.29) is 12.4 Å². The van der Waals surface area contributed by atoms with Gasteiger partial charge in [0.15, 0.2) is 27.8 Å². The zero-order chi connectivity index (χ0) is 24.7. The molecule has 10 nitrogen and oxygen atoms in total. The van der Waals surface area contributed by atoms with Gasteiger partial charge in [-0.3, -0.25) is 4.57 Å². The van der Waals surface area contributed by atoms with Gasteiger partial charge in [0.1, 0.15) is 24.2 Å². The Kier molecular flexibility index (Phi) is 6.34. The lowest BCUT2D eigenvalue weighted by atomic mass is 10.1. The van der Waals surface area contributed by atoms with Gasteiger partial charge in [-0.15, -0.1) is 0 Å². The van der Waals surface area contributed by atoms with Crippen molar-refractivity contribution in [1.82, 2.24) is 24.7 Å². The predicted molar refractivity (Wildman–Crippen MR) is 135 cm³/mol. The number of nitrogens with zero attached hydrogens (tertiary/aromatic N) is 5. The highest BCUT2D eigenvalue weighted by molar-refractivity contribution is 7.99. The van der Waals surface area contributed by atoms with Crippen LogP contribution < -0.4 is 5.32 Å². The van der Waals surface area contributed by atoms with Crippen molar-refractivity contribution in [3.05, 3.63) is 48.0 Å². The van der Waals surface area contributed by atoms with Crippen LogP contribution in [0.15, 0.2) is 52.6 Å². The summed E-state index contributed by atoms with van der Waals surface area (Å²) in [6.45, 7) is -0.0268. The van der Waals surface area contributed by atoms with E-state index in [9.17, 15) is 10.2 Å². The number of halogens is 1. The summed E-state index contributed by atoms with van der Waals surface area (Å²) in [5, 5.41) is 30.2. The van der Waals surface area contributed by atoms with Crippen molar-refractivity contribution in [1.29, 1.82) is 0 Å². The van der Waals surface area contributed by atoms with E-state index >= 15 is 0 Å². The standard InChI is InChI=1S/C24H25ClN6O4S/c25-16-8-4-3-7-15(16)17-9-19(35-30-17)36-11-24(21(33)18(32)10-34-24)31-13-28-20-22(26-12-27-23(20)31)29-14-5-1-2-6-14/h3-4,7-9,12-14,18,21,32-33H,1-2,5-6,10-11H2,(H,26,27,29)/t18-,21+,24-/m0/s1. The molecule has 188 valence electrons. The first-order chi connectivity index (χ1) is 17.5. The molecule has 0 bridgehead atoms. The lowest BCUT2D eigenvalue weighted by Gasteiger charge is -2.32. The number of anilines is 1.